The number of carbonyl (C=O) groups excluding carboxylic acids is 1. The van der Waals surface area contributed by atoms with Crippen molar-refractivity contribution in [1.29, 1.82) is 5.26 Å². The number of likely N-dealkylation sites (tertiary alicyclic amines) is 1. The van der Waals surface area contributed by atoms with Crippen LogP contribution in [0.3, 0.4) is 0 Å². The number of rotatable bonds is 1. The van der Waals surface area contributed by atoms with Gasteiger partial charge in [-0.25, -0.2) is 0 Å². The van der Waals surface area contributed by atoms with Gasteiger partial charge in [-0.15, -0.1) is 0 Å². The van der Waals surface area contributed by atoms with Crippen molar-refractivity contribution in [2.24, 2.45) is 0 Å². The standard InChI is InChI=1S/C16H17N3O3/c1-16(3-2-4-21-16)15(20)19-9-11-5-13(19)12-8-18-7-10(6-17)14(12)22-11/h7-8,11,13H,2-5,9H2,1H3/t11-,13-,16?/m0/s1. The summed E-state index contributed by atoms with van der Waals surface area (Å²) in [5.74, 6) is 0.614. The maximum absolute atomic E-state index is 12.9. The predicted molar refractivity (Wildman–Crippen MR) is 76.0 cm³/mol. The number of nitriles is 1. The average molecular weight is 299 g/mol. The van der Waals surface area contributed by atoms with Crippen LogP contribution in [0.15, 0.2) is 12.4 Å². The van der Waals surface area contributed by atoms with E-state index in [1.54, 1.807) is 6.20 Å². The zero-order valence-corrected chi connectivity index (χ0v) is 12.4. The Balaban J connectivity index is 1.70. The summed E-state index contributed by atoms with van der Waals surface area (Å²) in [6, 6.07) is 2.05. The molecule has 2 bridgehead atoms. The third-order valence-electron chi connectivity index (χ3n) is 4.88. The van der Waals surface area contributed by atoms with Crippen LogP contribution in [0, 0.1) is 11.3 Å². The van der Waals surface area contributed by atoms with Crippen LogP contribution in [0.1, 0.15) is 43.4 Å². The number of hydrogen-bond acceptors (Lipinski definition) is 5. The van der Waals surface area contributed by atoms with Gasteiger partial charge in [-0.05, 0) is 19.8 Å². The number of aromatic nitrogens is 1. The summed E-state index contributed by atoms with van der Waals surface area (Å²) >= 11 is 0. The predicted octanol–water partition coefficient (Wildman–Crippen LogP) is 1.56. The number of pyridine rings is 1. The Morgan fingerprint density at radius 1 is 1.55 bits per heavy atom. The molecule has 114 valence electrons. The van der Waals surface area contributed by atoms with Crippen LogP contribution < -0.4 is 4.74 Å². The molecule has 1 amide bonds. The van der Waals surface area contributed by atoms with Crippen LogP contribution in [-0.2, 0) is 9.53 Å². The minimum absolute atomic E-state index is 0.0244. The second kappa shape index (κ2) is 4.68. The highest BCUT2D eigenvalue weighted by molar-refractivity contribution is 5.86. The van der Waals surface area contributed by atoms with E-state index < -0.39 is 5.60 Å². The molecule has 0 aliphatic carbocycles. The topological polar surface area (TPSA) is 75.5 Å². The van der Waals surface area contributed by atoms with E-state index in [4.69, 9.17) is 9.47 Å². The summed E-state index contributed by atoms with van der Waals surface area (Å²) in [7, 11) is 0. The second-order valence-electron chi connectivity index (χ2n) is 6.35. The molecular formula is C16H17N3O3. The lowest BCUT2D eigenvalue weighted by Crippen LogP contribution is -2.46. The Hall–Kier alpha value is -2.13. The van der Waals surface area contributed by atoms with Crippen molar-refractivity contribution < 1.29 is 14.3 Å². The van der Waals surface area contributed by atoms with E-state index in [1.165, 1.54) is 6.20 Å². The molecular weight excluding hydrogens is 282 g/mol. The molecule has 6 nitrogen and oxygen atoms in total. The van der Waals surface area contributed by atoms with E-state index in [0.717, 1.165) is 24.8 Å². The lowest BCUT2D eigenvalue weighted by atomic mass is 9.97. The van der Waals surface area contributed by atoms with Gasteiger partial charge in [-0.1, -0.05) is 0 Å². The molecule has 0 N–H and O–H groups in total. The molecule has 3 aliphatic rings. The number of amides is 1. The van der Waals surface area contributed by atoms with Gasteiger partial charge in [0.1, 0.15) is 29.1 Å². The molecule has 6 heteroatoms. The van der Waals surface area contributed by atoms with Gasteiger partial charge in [-0.2, -0.15) is 5.26 Å². The van der Waals surface area contributed by atoms with E-state index in [0.29, 0.717) is 24.5 Å². The molecule has 0 spiro atoms. The first-order chi connectivity index (χ1) is 10.6. The number of fused-ring (bicyclic) bond motifs is 4. The van der Waals surface area contributed by atoms with Crippen molar-refractivity contribution in [2.45, 2.75) is 43.9 Å². The lowest BCUT2D eigenvalue weighted by Gasteiger charge is -2.32. The quantitative estimate of drug-likeness (QED) is 0.786. The Labute approximate surface area is 128 Å². The second-order valence-corrected chi connectivity index (χ2v) is 6.35. The van der Waals surface area contributed by atoms with Gasteiger partial charge in [0, 0.05) is 31.0 Å². The fraction of sp³-hybridized carbons (Fsp3) is 0.562. The molecule has 3 atom stereocenters. The van der Waals surface area contributed by atoms with Crippen molar-refractivity contribution in [3.8, 4) is 11.8 Å². The minimum atomic E-state index is -0.724. The molecule has 4 rings (SSSR count). The van der Waals surface area contributed by atoms with Crippen LogP contribution in [0.2, 0.25) is 0 Å². The van der Waals surface area contributed by atoms with Crippen molar-refractivity contribution in [2.75, 3.05) is 13.2 Å². The molecule has 1 unspecified atom stereocenters. The maximum atomic E-state index is 12.9. The van der Waals surface area contributed by atoms with Gasteiger partial charge < -0.3 is 14.4 Å². The zero-order chi connectivity index (χ0) is 15.3. The fourth-order valence-corrected chi connectivity index (χ4v) is 3.73. The normalized spacial score (nSPS) is 32.3. The monoisotopic (exact) mass is 299 g/mol. The van der Waals surface area contributed by atoms with E-state index >= 15 is 0 Å². The minimum Gasteiger partial charge on any atom is -0.487 e. The van der Waals surface area contributed by atoms with E-state index in [1.807, 2.05) is 11.8 Å². The van der Waals surface area contributed by atoms with E-state index in [2.05, 4.69) is 11.1 Å². The molecule has 4 heterocycles. The first kappa shape index (κ1) is 13.5. The smallest absolute Gasteiger partial charge is 0.255 e. The molecule has 0 saturated carbocycles. The number of nitrogens with zero attached hydrogens (tertiary/aromatic N) is 3. The summed E-state index contributed by atoms with van der Waals surface area (Å²) in [5.41, 5.74) is 0.547. The highest BCUT2D eigenvalue weighted by atomic mass is 16.5. The first-order valence-electron chi connectivity index (χ1n) is 7.62. The van der Waals surface area contributed by atoms with Gasteiger partial charge in [0.05, 0.1) is 12.6 Å². The van der Waals surface area contributed by atoms with Gasteiger partial charge in [0.15, 0.2) is 0 Å². The molecule has 0 aromatic carbocycles. The number of carbonyl (C=O) groups is 1. The van der Waals surface area contributed by atoms with Crippen LogP contribution in [0.5, 0.6) is 5.75 Å². The third kappa shape index (κ3) is 1.82. The van der Waals surface area contributed by atoms with Crippen LogP contribution in [0.4, 0.5) is 0 Å². The van der Waals surface area contributed by atoms with E-state index in [9.17, 15) is 10.1 Å². The van der Waals surface area contributed by atoms with Crippen molar-refractivity contribution in [3.63, 3.8) is 0 Å². The molecule has 2 saturated heterocycles. The lowest BCUT2D eigenvalue weighted by molar-refractivity contribution is -0.152. The van der Waals surface area contributed by atoms with Gasteiger partial charge in [0.2, 0.25) is 0 Å². The molecule has 3 aliphatic heterocycles. The van der Waals surface area contributed by atoms with Crippen LogP contribution >= 0.6 is 0 Å². The van der Waals surface area contributed by atoms with Gasteiger partial charge in [0.25, 0.3) is 5.91 Å². The van der Waals surface area contributed by atoms with Crippen molar-refractivity contribution >= 4 is 5.91 Å². The highest BCUT2D eigenvalue weighted by Crippen LogP contribution is 2.46. The Morgan fingerprint density at radius 3 is 3.14 bits per heavy atom. The molecule has 0 radical (unpaired) electrons. The molecule has 1 aromatic heterocycles. The zero-order valence-electron chi connectivity index (χ0n) is 12.4. The van der Waals surface area contributed by atoms with Crippen molar-refractivity contribution in [3.05, 3.63) is 23.5 Å². The summed E-state index contributed by atoms with van der Waals surface area (Å²) in [6.45, 7) is 3.05. The van der Waals surface area contributed by atoms with Crippen molar-refractivity contribution in [1.82, 2.24) is 9.88 Å². The Bertz CT molecular complexity index is 676. The van der Waals surface area contributed by atoms with E-state index in [-0.39, 0.29) is 18.1 Å². The summed E-state index contributed by atoms with van der Waals surface area (Å²) in [5, 5.41) is 9.20. The molecule has 22 heavy (non-hydrogen) atoms. The number of hydrogen-bond donors (Lipinski definition) is 0. The largest absolute Gasteiger partial charge is 0.487 e. The summed E-state index contributed by atoms with van der Waals surface area (Å²) in [6.07, 6.45) is 5.59. The first-order valence-corrected chi connectivity index (χ1v) is 7.62. The average Bonchev–Trinajstić information content (AvgIpc) is 3.12. The van der Waals surface area contributed by atoms with Crippen LogP contribution in [0.25, 0.3) is 0 Å². The summed E-state index contributed by atoms with van der Waals surface area (Å²) in [4.78, 5) is 18.9. The van der Waals surface area contributed by atoms with Crippen LogP contribution in [-0.4, -0.2) is 40.6 Å². The molecule has 1 aromatic rings. The SMILES string of the molecule is CC1(C(=O)N2C[C@@H]3C[C@H]2c2cncc(C#N)c2O3)CCCO1. The van der Waals surface area contributed by atoms with Gasteiger partial charge in [-0.3, -0.25) is 9.78 Å². The maximum Gasteiger partial charge on any atom is 0.255 e. The molecule has 2 fully saturated rings. The number of ether oxygens (including phenoxy) is 2. The highest BCUT2D eigenvalue weighted by Gasteiger charge is 2.49. The Kier molecular flexibility index (Phi) is 2.88. The summed E-state index contributed by atoms with van der Waals surface area (Å²) < 4.78 is 11.6. The fourth-order valence-electron chi connectivity index (χ4n) is 3.73. The third-order valence-corrected chi connectivity index (χ3v) is 4.88. The Morgan fingerprint density at radius 2 is 2.41 bits per heavy atom. The van der Waals surface area contributed by atoms with Gasteiger partial charge >= 0.3 is 0 Å².